The van der Waals surface area contributed by atoms with Gasteiger partial charge in [-0.05, 0) is 36.8 Å². The lowest BCUT2D eigenvalue weighted by Gasteiger charge is -2.25. The molecule has 0 bridgehead atoms. The fourth-order valence-electron chi connectivity index (χ4n) is 4.39. The fraction of sp³-hybridized carbons (Fsp3) is 0.129. The van der Waals surface area contributed by atoms with Crippen molar-refractivity contribution >= 4 is 29.1 Å². The Morgan fingerprint density at radius 1 is 1.10 bits per heavy atom. The zero-order valence-electron chi connectivity index (χ0n) is 21.0. The molecule has 1 aliphatic heterocycles. The van der Waals surface area contributed by atoms with Crippen molar-refractivity contribution in [2.75, 3.05) is 13.2 Å². The number of fused-ring (bicyclic) bond motifs is 1. The predicted octanol–water partition coefficient (Wildman–Crippen LogP) is 4.09. The second kappa shape index (κ2) is 11.3. The van der Waals surface area contributed by atoms with Crippen LogP contribution in [-0.4, -0.2) is 23.8 Å². The molecule has 5 rings (SSSR count). The van der Waals surface area contributed by atoms with Crippen LogP contribution >= 0.6 is 11.3 Å². The van der Waals surface area contributed by atoms with Crippen molar-refractivity contribution in [3.05, 3.63) is 127 Å². The predicted molar refractivity (Wildman–Crippen MR) is 148 cm³/mol. The summed E-state index contributed by atoms with van der Waals surface area (Å²) in [5.74, 6) is 1.95. The number of carbonyl (C=O) groups excluding carboxylic acids is 1. The first-order valence-electron chi connectivity index (χ1n) is 12.2. The van der Waals surface area contributed by atoms with Crippen LogP contribution < -0.4 is 19.6 Å². The normalized spacial score (nSPS) is 14.8. The summed E-state index contributed by atoms with van der Waals surface area (Å²) >= 11 is 1.19. The Bertz CT molecular complexity index is 1780. The van der Waals surface area contributed by atoms with E-state index in [1.807, 2.05) is 48.5 Å². The lowest BCUT2D eigenvalue weighted by molar-refractivity contribution is -0.138. The minimum Gasteiger partial charge on any atom is -0.480 e. The molecule has 8 heteroatoms. The highest BCUT2D eigenvalue weighted by molar-refractivity contribution is 7.07. The highest BCUT2D eigenvalue weighted by atomic mass is 32.1. The number of halogens is 1. The molecule has 39 heavy (non-hydrogen) atoms. The van der Waals surface area contributed by atoms with Crippen LogP contribution in [0, 0.1) is 18.2 Å². The summed E-state index contributed by atoms with van der Waals surface area (Å²) in [6.45, 7) is 1.93. The van der Waals surface area contributed by atoms with Crippen LogP contribution in [0.25, 0.3) is 11.8 Å². The summed E-state index contributed by atoms with van der Waals surface area (Å²) < 4.78 is 26.8. The maximum absolute atomic E-state index is 13.9. The summed E-state index contributed by atoms with van der Waals surface area (Å²) in [6.07, 6.45) is 7.07. The lowest BCUT2D eigenvalue weighted by Crippen LogP contribution is -2.40. The molecule has 194 valence electrons. The number of ether oxygens (including phenoxy) is 2. The van der Waals surface area contributed by atoms with Gasteiger partial charge in [-0.3, -0.25) is 9.36 Å². The molecule has 0 N–H and O–H groups in total. The molecular weight excluding hydrogens is 515 g/mol. The zero-order chi connectivity index (χ0) is 27.4. The molecule has 0 unspecified atom stereocenters. The summed E-state index contributed by atoms with van der Waals surface area (Å²) in [5.41, 5.74) is 2.16. The van der Waals surface area contributed by atoms with Crippen LogP contribution in [0.1, 0.15) is 29.7 Å². The van der Waals surface area contributed by atoms with Gasteiger partial charge in [-0.1, -0.05) is 77.9 Å². The first kappa shape index (κ1) is 25.9. The van der Waals surface area contributed by atoms with E-state index < -0.39 is 17.8 Å². The molecule has 1 aromatic heterocycles. The van der Waals surface area contributed by atoms with Gasteiger partial charge in [0.15, 0.2) is 4.80 Å². The molecule has 0 radical (unpaired) electrons. The van der Waals surface area contributed by atoms with Gasteiger partial charge in [-0.15, -0.1) is 6.42 Å². The number of benzene rings is 3. The second-order valence-corrected chi connectivity index (χ2v) is 9.52. The first-order chi connectivity index (χ1) is 19.0. The Labute approximate surface area is 228 Å². The molecule has 0 saturated carbocycles. The van der Waals surface area contributed by atoms with Gasteiger partial charge >= 0.3 is 5.97 Å². The Morgan fingerprint density at radius 2 is 1.82 bits per heavy atom. The monoisotopic (exact) mass is 538 g/mol. The number of terminal acetylenes is 1. The third-order valence-electron chi connectivity index (χ3n) is 6.08. The van der Waals surface area contributed by atoms with Crippen molar-refractivity contribution in [3.63, 3.8) is 0 Å². The van der Waals surface area contributed by atoms with Crippen LogP contribution in [0.4, 0.5) is 4.39 Å². The van der Waals surface area contributed by atoms with Gasteiger partial charge < -0.3 is 9.47 Å². The lowest BCUT2D eigenvalue weighted by atomic mass is 9.93. The van der Waals surface area contributed by atoms with Crippen LogP contribution in [0.15, 0.2) is 94.2 Å². The van der Waals surface area contributed by atoms with E-state index in [9.17, 15) is 14.0 Å². The van der Waals surface area contributed by atoms with Crippen LogP contribution in [0.5, 0.6) is 5.75 Å². The number of hydrogen-bond acceptors (Lipinski definition) is 6. The van der Waals surface area contributed by atoms with E-state index in [-0.39, 0.29) is 24.3 Å². The maximum Gasteiger partial charge on any atom is 0.338 e. The van der Waals surface area contributed by atoms with Crippen molar-refractivity contribution < 1.29 is 18.7 Å². The van der Waals surface area contributed by atoms with Gasteiger partial charge in [0.1, 0.15) is 18.2 Å². The molecule has 0 aliphatic carbocycles. The average molecular weight is 539 g/mol. The van der Waals surface area contributed by atoms with E-state index >= 15 is 0 Å². The quantitative estimate of drug-likeness (QED) is 0.263. The summed E-state index contributed by atoms with van der Waals surface area (Å²) in [5, 5.41) is 0. The highest BCUT2D eigenvalue weighted by Crippen LogP contribution is 2.35. The van der Waals surface area contributed by atoms with E-state index in [1.54, 1.807) is 31.2 Å². The molecule has 1 atom stereocenters. The smallest absolute Gasteiger partial charge is 0.338 e. The minimum atomic E-state index is -0.883. The van der Waals surface area contributed by atoms with Crippen molar-refractivity contribution in [1.82, 2.24) is 4.57 Å². The molecule has 4 aromatic rings. The van der Waals surface area contributed by atoms with Gasteiger partial charge in [0, 0.05) is 11.1 Å². The Kier molecular flexibility index (Phi) is 7.53. The number of rotatable bonds is 7. The van der Waals surface area contributed by atoms with Gasteiger partial charge in [0.25, 0.3) is 5.56 Å². The Balaban J connectivity index is 1.80. The number of para-hydroxylation sites is 1. The van der Waals surface area contributed by atoms with Crippen LogP contribution in [0.2, 0.25) is 0 Å². The summed E-state index contributed by atoms with van der Waals surface area (Å²) in [6, 6.07) is 21.3. The van der Waals surface area contributed by atoms with E-state index in [0.29, 0.717) is 37.5 Å². The highest BCUT2D eigenvalue weighted by Gasteiger charge is 2.35. The van der Waals surface area contributed by atoms with Crippen molar-refractivity contribution in [3.8, 4) is 18.1 Å². The van der Waals surface area contributed by atoms with E-state index in [4.69, 9.17) is 20.9 Å². The molecule has 0 fully saturated rings. The van der Waals surface area contributed by atoms with Gasteiger partial charge in [0.05, 0.1) is 28.5 Å². The SMILES string of the molecule is C#CCOc1ccccc1/C=c1\sc2n(c1=O)[C@@H](c1ccc(F)cc1)C(C(=O)OCC)=C(c1ccccc1)N=2. The van der Waals surface area contributed by atoms with E-state index in [2.05, 4.69) is 5.92 Å². The number of aromatic nitrogens is 1. The first-order valence-corrected chi connectivity index (χ1v) is 13.0. The fourth-order valence-corrected chi connectivity index (χ4v) is 5.38. The maximum atomic E-state index is 13.9. The third kappa shape index (κ3) is 5.17. The second-order valence-electron chi connectivity index (χ2n) is 8.51. The molecule has 2 heterocycles. The molecule has 3 aromatic carbocycles. The molecule has 0 saturated heterocycles. The number of thiazole rings is 1. The largest absolute Gasteiger partial charge is 0.480 e. The van der Waals surface area contributed by atoms with Gasteiger partial charge in [-0.25, -0.2) is 14.2 Å². The number of carbonyl (C=O) groups is 1. The molecule has 6 nitrogen and oxygen atoms in total. The Morgan fingerprint density at radius 3 is 2.54 bits per heavy atom. The number of hydrogen-bond donors (Lipinski definition) is 0. The Hall–Kier alpha value is -4.74. The van der Waals surface area contributed by atoms with E-state index in [0.717, 1.165) is 0 Å². The van der Waals surface area contributed by atoms with Crippen molar-refractivity contribution in [1.29, 1.82) is 0 Å². The summed E-state index contributed by atoms with van der Waals surface area (Å²) in [7, 11) is 0. The van der Waals surface area contributed by atoms with Gasteiger partial charge in [0.2, 0.25) is 0 Å². The third-order valence-corrected chi connectivity index (χ3v) is 7.06. The minimum absolute atomic E-state index is 0.0833. The molecular formula is C31H23FN2O4S. The van der Waals surface area contributed by atoms with Crippen molar-refractivity contribution in [2.24, 2.45) is 4.99 Å². The van der Waals surface area contributed by atoms with Crippen LogP contribution in [0.3, 0.4) is 0 Å². The molecule has 0 spiro atoms. The average Bonchev–Trinajstić information content (AvgIpc) is 3.27. The number of nitrogens with zero attached hydrogens (tertiary/aromatic N) is 2. The van der Waals surface area contributed by atoms with E-state index in [1.165, 1.54) is 28.0 Å². The zero-order valence-corrected chi connectivity index (χ0v) is 21.8. The van der Waals surface area contributed by atoms with Crippen molar-refractivity contribution in [2.45, 2.75) is 13.0 Å². The molecule has 1 aliphatic rings. The van der Waals surface area contributed by atoms with Gasteiger partial charge in [-0.2, -0.15) is 0 Å². The van der Waals surface area contributed by atoms with Crippen LogP contribution in [-0.2, 0) is 9.53 Å². The summed E-state index contributed by atoms with van der Waals surface area (Å²) in [4.78, 5) is 32.5. The number of esters is 1. The molecule has 0 amide bonds. The topological polar surface area (TPSA) is 69.9 Å². The standard InChI is InChI=1S/C31H23FN2O4S/c1-3-18-38-24-13-9-8-12-22(24)19-25-29(35)34-28(21-14-16-23(32)17-15-21)26(30(36)37-4-2)27(33-31(34)39-25)20-10-6-5-7-11-20/h1,5-17,19,28H,4,18H2,2H3/b25-19-/t28-/m0/s1.